The Morgan fingerprint density at radius 3 is 2.53 bits per heavy atom. The molecule has 1 saturated heterocycles. The largest absolute Gasteiger partial charge is 0.496 e. The third kappa shape index (κ3) is 1.82. The van der Waals surface area contributed by atoms with E-state index in [1.54, 1.807) is 7.11 Å². The normalized spacial score (nSPS) is 17.7. The summed E-state index contributed by atoms with van der Waals surface area (Å²) in [6.45, 7) is 5.82. The van der Waals surface area contributed by atoms with Gasteiger partial charge in [-0.25, -0.2) is 0 Å². The summed E-state index contributed by atoms with van der Waals surface area (Å²) in [4.78, 5) is 0. The van der Waals surface area contributed by atoms with E-state index >= 15 is 0 Å². The van der Waals surface area contributed by atoms with Crippen LogP contribution in [0.3, 0.4) is 0 Å². The molecule has 1 aliphatic rings. The molecule has 0 spiro atoms. The summed E-state index contributed by atoms with van der Waals surface area (Å²) in [5, 5.41) is 0.792. The van der Waals surface area contributed by atoms with Gasteiger partial charge in [-0.1, -0.05) is 11.6 Å². The van der Waals surface area contributed by atoms with Crippen LogP contribution in [0.25, 0.3) is 0 Å². The number of hydrogen-bond acceptors (Lipinski definition) is 3. The second-order valence-corrected chi connectivity index (χ2v) is 5.06. The van der Waals surface area contributed by atoms with Gasteiger partial charge in [0.25, 0.3) is 0 Å². The first kappa shape index (κ1) is 12.7. The molecule has 1 aromatic rings. The summed E-state index contributed by atoms with van der Waals surface area (Å²) in [7, 11) is 1.68. The fourth-order valence-corrected chi connectivity index (χ4v) is 2.60. The van der Waals surface area contributed by atoms with Crippen LogP contribution in [0.15, 0.2) is 6.07 Å². The molecule has 0 amide bonds. The van der Waals surface area contributed by atoms with Crippen LogP contribution in [0.2, 0.25) is 5.02 Å². The van der Waals surface area contributed by atoms with Crippen molar-refractivity contribution in [1.82, 2.24) is 0 Å². The maximum absolute atomic E-state index is 6.32. The predicted octanol–water partition coefficient (Wildman–Crippen LogP) is 2.19. The summed E-state index contributed by atoms with van der Waals surface area (Å²) < 4.78 is 10.8. The Balaban J connectivity index is 2.63. The van der Waals surface area contributed by atoms with Crippen molar-refractivity contribution in [3.8, 4) is 5.75 Å². The van der Waals surface area contributed by atoms with E-state index in [0.29, 0.717) is 19.8 Å². The van der Waals surface area contributed by atoms with Crippen molar-refractivity contribution in [3.05, 3.63) is 27.8 Å². The molecule has 1 aromatic carbocycles. The minimum Gasteiger partial charge on any atom is -0.496 e. The zero-order chi connectivity index (χ0) is 12.6. The molecule has 1 heterocycles. The SMILES string of the molecule is COc1cc(C)c(Cl)c(C)c1C1(CN)COC1. The van der Waals surface area contributed by atoms with Gasteiger partial charge in [0.15, 0.2) is 0 Å². The van der Waals surface area contributed by atoms with Crippen LogP contribution in [0, 0.1) is 13.8 Å². The van der Waals surface area contributed by atoms with E-state index in [9.17, 15) is 0 Å². The molecular formula is C13H18ClNO2. The monoisotopic (exact) mass is 255 g/mol. The van der Waals surface area contributed by atoms with E-state index in [0.717, 1.165) is 27.5 Å². The van der Waals surface area contributed by atoms with Crippen LogP contribution in [-0.4, -0.2) is 26.9 Å². The molecule has 17 heavy (non-hydrogen) atoms. The maximum atomic E-state index is 6.32. The van der Waals surface area contributed by atoms with Crippen LogP contribution in [-0.2, 0) is 10.2 Å². The van der Waals surface area contributed by atoms with E-state index in [4.69, 9.17) is 26.8 Å². The number of hydrogen-bond donors (Lipinski definition) is 1. The lowest BCUT2D eigenvalue weighted by Gasteiger charge is -2.42. The maximum Gasteiger partial charge on any atom is 0.123 e. The van der Waals surface area contributed by atoms with Gasteiger partial charge < -0.3 is 15.2 Å². The van der Waals surface area contributed by atoms with E-state index < -0.39 is 0 Å². The summed E-state index contributed by atoms with van der Waals surface area (Å²) in [5.74, 6) is 0.859. The highest BCUT2D eigenvalue weighted by Crippen LogP contribution is 2.42. The van der Waals surface area contributed by atoms with Crippen molar-refractivity contribution in [2.45, 2.75) is 19.3 Å². The lowest BCUT2D eigenvalue weighted by atomic mass is 9.75. The smallest absolute Gasteiger partial charge is 0.123 e. The van der Waals surface area contributed by atoms with Gasteiger partial charge in [0.05, 0.1) is 25.7 Å². The zero-order valence-electron chi connectivity index (χ0n) is 10.5. The summed E-state index contributed by atoms with van der Waals surface area (Å²) in [6, 6.07) is 1.97. The lowest BCUT2D eigenvalue weighted by molar-refractivity contribution is -0.0562. The Labute approximate surface area is 107 Å². The third-order valence-electron chi connectivity index (χ3n) is 3.54. The van der Waals surface area contributed by atoms with E-state index in [-0.39, 0.29) is 5.41 Å². The molecule has 0 radical (unpaired) electrons. The van der Waals surface area contributed by atoms with Gasteiger partial charge in [-0.2, -0.15) is 0 Å². The number of benzene rings is 1. The van der Waals surface area contributed by atoms with Crippen molar-refractivity contribution >= 4 is 11.6 Å². The van der Waals surface area contributed by atoms with Gasteiger partial charge in [-0.3, -0.25) is 0 Å². The van der Waals surface area contributed by atoms with Crippen LogP contribution in [0.4, 0.5) is 0 Å². The molecule has 0 aliphatic carbocycles. The second kappa shape index (κ2) is 4.48. The highest BCUT2D eigenvalue weighted by Gasteiger charge is 2.42. The summed E-state index contributed by atoms with van der Waals surface area (Å²) in [5.41, 5.74) is 8.95. The van der Waals surface area contributed by atoms with E-state index in [1.807, 2.05) is 19.9 Å². The number of halogens is 1. The fraction of sp³-hybridized carbons (Fsp3) is 0.538. The number of methoxy groups -OCH3 is 1. The Hall–Kier alpha value is -0.770. The number of nitrogens with two attached hydrogens (primary N) is 1. The molecule has 0 saturated carbocycles. The first-order valence-corrected chi connectivity index (χ1v) is 6.05. The Morgan fingerprint density at radius 1 is 1.47 bits per heavy atom. The Bertz CT molecular complexity index is 436. The van der Waals surface area contributed by atoms with Gasteiger partial charge in [0.2, 0.25) is 0 Å². The molecule has 0 unspecified atom stereocenters. The van der Waals surface area contributed by atoms with Crippen molar-refractivity contribution in [1.29, 1.82) is 0 Å². The highest BCUT2D eigenvalue weighted by molar-refractivity contribution is 6.32. The molecule has 4 heteroatoms. The molecule has 2 rings (SSSR count). The number of ether oxygens (including phenoxy) is 2. The minimum absolute atomic E-state index is 0.132. The average Bonchev–Trinajstić information content (AvgIpc) is 2.27. The van der Waals surface area contributed by atoms with E-state index in [2.05, 4.69) is 0 Å². The van der Waals surface area contributed by atoms with Crippen LogP contribution < -0.4 is 10.5 Å². The molecule has 1 fully saturated rings. The molecule has 3 nitrogen and oxygen atoms in total. The summed E-state index contributed by atoms with van der Waals surface area (Å²) in [6.07, 6.45) is 0. The molecule has 0 aromatic heterocycles. The van der Waals surface area contributed by atoms with Gasteiger partial charge in [-0.15, -0.1) is 0 Å². The fourth-order valence-electron chi connectivity index (χ4n) is 2.46. The zero-order valence-corrected chi connectivity index (χ0v) is 11.2. The molecule has 94 valence electrons. The first-order valence-electron chi connectivity index (χ1n) is 5.67. The quantitative estimate of drug-likeness (QED) is 0.901. The highest BCUT2D eigenvalue weighted by atomic mass is 35.5. The van der Waals surface area contributed by atoms with Gasteiger partial charge in [0, 0.05) is 17.1 Å². The molecule has 1 aliphatic heterocycles. The van der Waals surface area contributed by atoms with Gasteiger partial charge >= 0.3 is 0 Å². The van der Waals surface area contributed by atoms with Gasteiger partial charge in [-0.05, 0) is 31.0 Å². The van der Waals surface area contributed by atoms with Crippen LogP contribution in [0.5, 0.6) is 5.75 Å². The number of aryl methyl sites for hydroxylation is 1. The third-order valence-corrected chi connectivity index (χ3v) is 4.12. The standard InChI is InChI=1S/C13H18ClNO2/c1-8-4-10(16-3)11(9(2)12(8)14)13(5-15)6-17-7-13/h4H,5-7,15H2,1-3H3. The Morgan fingerprint density at radius 2 is 2.12 bits per heavy atom. The molecular weight excluding hydrogens is 238 g/mol. The van der Waals surface area contributed by atoms with Crippen LogP contribution in [0.1, 0.15) is 16.7 Å². The molecule has 0 atom stereocenters. The summed E-state index contributed by atoms with van der Waals surface area (Å²) >= 11 is 6.32. The minimum atomic E-state index is -0.132. The van der Waals surface area contributed by atoms with Crippen molar-refractivity contribution < 1.29 is 9.47 Å². The average molecular weight is 256 g/mol. The first-order chi connectivity index (χ1) is 8.05. The topological polar surface area (TPSA) is 44.5 Å². The van der Waals surface area contributed by atoms with Crippen molar-refractivity contribution in [3.63, 3.8) is 0 Å². The lowest BCUT2D eigenvalue weighted by Crippen LogP contribution is -2.52. The predicted molar refractivity (Wildman–Crippen MR) is 69.0 cm³/mol. The van der Waals surface area contributed by atoms with Crippen molar-refractivity contribution in [2.75, 3.05) is 26.9 Å². The van der Waals surface area contributed by atoms with Crippen molar-refractivity contribution in [2.24, 2.45) is 5.73 Å². The van der Waals surface area contributed by atoms with Crippen LogP contribution >= 0.6 is 11.6 Å². The second-order valence-electron chi connectivity index (χ2n) is 4.69. The van der Waals surface area contributed by atoms with E-state index in [1.165, 1.54) is 0 Å². The van der Waals surface area contributed by atoms with Gasteiger partial charge in [0.1, 0.15) is 5.75 Å². The number of rotatable bonds is 3. The molecule has 2 N–H and O–H groups in total. The molecule has 0 bridgehead atoms. The Kier molecular flexibility index (Phi) is 3.34.